The van der Waals surface area contributed by atoms with Gasteiger partial charge in [0.1, 0.15) is 5.82 Å². The fourth-order valence-corrected chi connectivity index (χ4v) is 1.85. The van der Waals surface area contributed by atoms with E-state index in [9.17, 15) is 14.3 Å². The quantitative estimate of drug-likeness (QED) is 0.845. The van der Waals surface area contributed by atoms with Crippen LogP contribution in [0.25, 0.3) is 0 Å². The van der Waals surface area contributed by atoms with Gasteiger partial charge < -0.3 is 10.4 Å². The van der Waals surface area contributed by atoms with E-state index < -0.39 is 17.8 Å². The normalized spacial score (nSPS) is 13.5. The van der Waals surface area contributed by atoms with Gasteiger partial charge in [0, 0.05) is 18.3 Å². The zero-order chi connectivity index (χ0) is 15.2. The smallest absolute Gasteiger partial charge is 0.222 e. The van der Waals surface area contributed by atoms with Crippen LogP contribution in [0, 0.1) is 5.82 Å². The van der Waals surface area contributed by atoms with Gasteiger partial charge in [-0.1, -0.05) is 18.2 Å². The Morgan fingerprint density at radius 2 is 2.14 bits per heavy atom. The maximum atomic E-state index is 13.8. The predicted octanol–water partition coefficient (Wildman–Crippen LogP) is 1.65. The van der Waals surface area contributed by atoms with E-state index in [1.807, 2.05) is 6.29 Å². The standard InChI is InChI=1S/C15H15FN3O2/c1-10(21)8-18-15-17-7-6-14(19-15)12(9-20)11-4-2-3-5-13(11)16/h2-7,10,12,21H,8H2,1H3,(H,17,18,19). The van der Waals surface area contributed by atoms with Crippen LogP contribution in [0.15, 0.2) is 36.5 Å². The molecule has 0 spiro atoms. The lowest BCUT2D eigenvalue weighted by atomic mass is 9.96. The first-order valence-electron chi connectivity index (χ1n) is 6.48. The SMILES string of the molecule is CC(O)CNc1nccc(C([C]=O)c2ccccc2F)n1. The summed E-state index contributed by atoms with van der Waals surface area (Å²) < 4.78 is 13.8. The van der Waals surface area contributed by atoms with Crippen molar-refractivity contribution in [2.24, 2.45) is 0 Å². The van der Waals surface area contributed by atoms with Crippen molar-refractivity contribution in [2.75, 3.05) is 11.9 Å². The number of rotatable bonds is 6. The molecule has 1 radical (unpaired) electrons. The molecule has 1 aromatic heterocycles. The average Bonchev–Trinajstić information content (AvgIpc) is 2.48. The molecule has 2 atom stereocenters. The maximum Gasteiger partial charge on any atom is 0.222 e. The first-order valence-corrected chi connectivity index (χ1v) is 6.48. The molecule has 6 heteroatoms. The highest BCUT2D eigenvalue weighted by atomic mass is 19.1. The first-order chi connectivity index (χ1) is 10.1. The number of anilines is 1. The third-order valence-corrected chi connectivity index (χ3v) is 2.86. The Kier molecular flexibility index (Phi) is 4.94. The molecule has 2 N–H and O–H groups in total. The van der Waals surface area contributed by atoms with Crippen molar-refractivity contribution in [2.45, 2.75) is 18.9 Å². The van der Waals surface area contributed by atoms with Crippen LogP contribution >= 0.6 is 0 Å². The van der Waals surface area contributed by atoms with E-state index in [2.05, 4.69) is 15.3 Å². The maximum absolute atomic E-state index is 13.8. The molecule has 21 heavy (non-hydrogen) atoms. The summed E-state index contributed by atoms with van der Waals surface area (Å²) in [4.78, 5) is 19.4. The van der Waals surface area contributed by atoms with Gasteiger partial charge in [0.2, 0.25) is 12.2 Å². The van der Waals surface area contributed by atoms with Crippen LogP contribution in [0.3, 0.4) is 0 Å². The van der Waals surface area contributed by atoms with Gasteiger partial charge >= 0.3 is 0 Å². The zero-order valence-electron chi connectivity index (χ0n) is 11.5. The minimum absolute atomic E-state index is 0.215. The van der Waals surface area contributed by atoms with Gasteiger partial charge in [0.05, 0.1) is 17.7 Å². The molecule has 1 aromatic carbocycles. The van der Waals surface area contributed by atoms with Gasteiger partial charge in [0.15, 0.2) is 0 Å². The summed E-state index contributed by atoms with van der Waals surface area (Å²) in [5, 5.41) is 12.1. The third kappa shape index (κ3) is 3.82. The van der Waals surface area contributed by atoms with E-state index in [0.29, 0.717) is 5.69 Å². The lowest BCUT2D eigenvalue weighted by Crippen LogP contribution is -2.17. The molecule has 0 fully saturated rings. The van der Waals surface area contributed by atoms with Crippen molar-refractivity contribution >= 4 is 12.2 Å². The van der Waals surface area contributed by atoms with Crippen LogP contribution < -0.4 is 5.32 Å². The Morgan fingerprint density at radius 1 is 1.38 bits per heavy atom. The minimum Gasteiger partial charge on any atom is -0.392 e. The van der Waals surface area contributed by atoms with Crippen molar-refractivity contribution in [3.63, 3.8) is 0 Å². The number of nitrogens with one attached hydrogen (secondary N) is 1. The van der Waals surface area contributed by atoms with Crippen molar-refractivity contribution in [3.05, 3.63) is 53.6 Å². The number of benzene rings is 1. The second kappa shape index (κ2) is 6.90. The first kappa shape index (κ1) is 15.1. The lowest BCUT2D eigenvalue weighted by Gasteiger charge is -2.12. The number of aromatic nitrogens is 2. The number of aliphatic hydroxyl groups is 1. The van der Waals surface area contributed by atoms with Gasteiger partial charge in [-0.25, -0.2) is 14.4 Å². The second-order valence-corrected chi connectivity index (χ2v) is 4.61. The van der Waals surface area contributed by atoms with E-state index in [-0.39, 0.29) is 18.1 Å². The Labute approximate surface area is 121 Å². The number of hydrogen-bond donors (Lipinski definition) is 2. The fourth-order valence-electron chi connectivity index (χ4n) is 1.85. The molecule has 0 amide bonds. The molecular weight excluding hydrogens is 273 g/mol. The molecule has 5 nitrogen and oxygen atoms in total. The molecular formula is C15H15FN3O2. The number of hydrogen-bond acceptors (Lipinski definition) is 5. The van der Waals surface area contributed by atoms with Crippen LogP contribution in [-0.4, -0.2) is 34.0 Å². The third-order valence-electron chi connectivity index (χ3n) is 2.86. The summed E-state index contributed by atoms with van der Waals surface area (Å²) >= 11 is 0. The lowest BCUT2D eigenvalue weighted by molar-refractivity contribution is 0.208. The summed E-state index contributed by atoms with van der Waals surface area (Å²) in [6.45, 7) is 1.90. The van der Waals surface area contributed by atoms with E-state index in [4.69, 9.17) is 0 Å². The van der Waals surface area contributed by atoms with Gasteiger partial charge in [-0.05, 0) is 19.1 Å². The van der Waals surface area contributed by atoms with E-state index in [1.165, 1.54) is 24.4 Å². The number of halogens is 1. The van der Waals surface area contributed by atoms with Gasteiger partial charge in [-0.2, -0.15) is 0 Å². The molecule has 0 saturated heterocycles. The van der Waals surface area contributed by atoms with E-state index in [1.54, 1.807) is 19.1 Å². The average molecular weight is 288 g/mol. The predicted molar refractivity (Wildman–Crippen MR) is 76.1 cm³/mol. The highest BCUT2D eigenvalue weighted by molar-refractivity contribution is 5.68. The van der Waals surface area contributed by atoms with Crippen molar-refractivity contribution < 1.29 is 14.3 Å². The monoisotopic (exact) mass is 288 g/mol. The van der Waals surface area contributed by atoms with Crippen molar-refractivity contribution in [1.29, 1.82) is 0 Å². The number of nitrogens with zero attached hydrogens (tertiary/aromatic N) is 2. The fraction of sp³-hybridized carbons (Fsp3) is 0.267. The second-order valence-electron chi connectivity index (χ2n) is 4.61. The highest BCUT2D eigenvalue weighted by Crippen LogP contribution is 2.23. The Hall–Kier alpha value is -2.34. The molecule has 2 unspecified atom stereocenters. The highest BCUT2D eigenvalue weighted by Gasteiger charge is 2.19. The Balaban J connectivity index is 2.28. The molecule has 109 valence electrons. The van der Waals surface area contributed by atoms with Gasteiger partial charge in [0.25, 0.3) is 0 Å². The molecule has 0 aliphatic rings. The molecule has 0 bridgehead atoms. The summed E-state index contributed by atoms with van der Waals surface area (Å²) in [6, 6.07) is 7.55. The largest absolute Gasteiger partial charge is 0.392 e. The topological polar surface area (TPSA) is 75.1 Å². The summed E-state index contributed by atoms with van der Waals surface area (Å²) in [6.07, 6.45) is 2.72. The molecule has 0 saturated carbocycles. The number of aliphatic hydroxyl groups excluding tert-OH is 1. The van der Waals surface area contributed by atoms with E-state index in [0.717, 1.165) is 0 Å². The summed E-state index contributed by atoms with van der Waals surface area (Å²) in [7, 11) is 0. The molecule has 1 heterocycles. The minimum atomic E-state index is -0.915. The van der Waals surface area contributed by atoms with Crippen LogP contribution in [0.2, 0.25) is 0 Å². The molecule has 0 aliphatic heterocycles. The van der Waals surface area contributed by atoms with Crippen LogP contribution in [0.5, 0.6) is 0 Å². The van der Waals surface area contributed by atoms with Crippen LogP contribution in [0.1, 0.15) is 24.1 Å². The van der Waals surface area contributed by atoms with Gasteiger partial charge in [-0.3, -0.25) is 4.79 Å². The van der Waals surface area contributed by atoms with Crippen LogP contribution in [0.4, 0.5) is 10.3 Å². The Morgan fingerprint density at radius 3 is 2.81 bits per heavy atom. The van der Waals surface area contributed by atoms with E-state index >= 15 is 0 Å². The molecule has 0 aliphatic carbocycles. The number of carbonyl (C=O) groups excluding carboxylic acids is 1. The molecule has 2 aromatic rings. The Bertz CT molecular complexity index is 619. The zero-order valence-corrected chi connectivity index (χ0v) is 11.5. The molecule has 2 rings (SSSR count). The van der Waals surface area contributed by atoms with Gasteiger partial charge in [-0.15, -0.1) is 0 Å². The summed E-state index contributed by atoms with van der Waals surface area (Å²) in [5.74, 6) is -1.13. The summed E-state index contributed by atoms with van der Waals surface area (Å²) in [5.41, 5.74) is 0.561. The van der Waals surface area contributed by atoms with Crippen molar-refractivity contribution in [1.82, 2.24) is 9.97 Å². The van der Waals surface area contributed by atoms with Crippen LogP contribution in [-0.2, 0) is 4.79 Å². The van der Waals surface area contributed by atoms with Crippen molar-refractivity contribution in [3.8, 4) is 0 Å².